The van der Waals surface area contributed by atoms with Gasteiger partial charge in [-0.05, 0) is 30.3 Å². The lowest BCUT2D eigenvalue weighted by Crippen LogP contribution is -2.43. The summed E-state index contributed by atoms with van der Waals surface area (Å²) >= 11 is 0. The molecule has 0 bridgehead atoms. The number of ether oxygens (including phenoxy) is 2. The maximum absolute atomic E-state index is 12.8. The highest BCUT2D eigenvalue weighted by Gasteiger charge is 2.20. The number of nitrogens with one attached hydrogen (secondary N) is 2. The summed E-state index contributed by atoms with van der Waals surface area (Å²) in [6.07, 6.45) is 0. The number of non-ortho nitro benzene ring substituents is 1. The van der Waals surface area contributed by atoms with Crippen LogP contribution in [0.2, 0.25) is 0 Å². The summed E-state index contributed by atoms with van der Waals surface area (Å²) in [5.74, 6) is -4.23. The first-order valence-electron chi connectivity index (χ1n) is 8.11. The summed E-state index contributed by atoms with van der Waals surface area (Å²) in [5.41, 5.74) is 2.92. The van der Waals surface area contributed by atoms with Gasteiger partial charge in [0.25, 0.3) is 17.5 Å². The molecule has 0 aromatic heterocycles. The van der Waals surface area contributed by atoms with Crippen LogP contribution in [0.15, 0.2) is 42.5 Å². The summed E-state index contributed by atoms with van der Waals surface area (Å²) in [4.78, 5) is 57.3. The molecule has 2 aromatic rings. The summed E-state index contributed by atoms with van der Waals surface area (Å²) < 4.78 is 22.0. The van der Waals surface area contributed by atoms with Crippen LogP contribution in [0.25, 0.3) is 0 Å². The Labute approximate surface area is 167 Å². The second kappa shape index (κ2) is 9.73. The van der Waals surface area contributed by atoms with Gasteiger partial charge in [-0.15, -0.1) is 0 Å². The minimum absolute atomic E-state index is 0.0700. The largest absolute Gasteiger partial charge is 0.465 e. The highest BCUT2D eigenvalue weighted by molar-refractivity contribution is 5.98. The van der Waals surface area contributed by atoms with Gasteiger partial charge < -0.3 is 9.47 Å². The number of benzene rings is 2. The van der Waals surface area contributed by atoms with Crippen molar-refractivity contribution in [2.75, 3.05) is 13.7 Å². The van der Waals surface area contributed by atoms with Crippen LogP contribution < -0.4 is 10.9 Å². The van der Waals surface area contributed by atoms with Gasteiger partial charge in [-0.3, -0.25) is 30.6 Å². The van der Waals surface area contributed by atoms with Gasteiger partial charge in [-0.25, -0.2) is 14.0 Å². The van der Waals surface area contributed by atoms with Crippen LogP contribution in [0, 0.1) is 15.9 Å². The van der Waals surface area contributed by atoms with E-state index in [2.05, 4.69) is 4.74 Å². The van der Waals surface area contributed by atoms with Crippen molar-refractivity contribution in [1.29, 1.82) is 0 Å². The Kier molecular flexibility index (Phi) is 7.11. The van der Waals surface area contributed by atoms with Crippen LogP contribution >= 0.6 is 0 Å². The maximum Gasteiger partial charge on any atom is 0.338 e. The van der Waals surface area contributed by atoms with Gasteiger partial charge in [0.1, 0.15) is 5.82 Å². The zero-order chi connectivity index (χ0) is 22.3. The van der Waals surface area contributed by atoms with E-state index in [1.807, 2.05) is 10.9 Å². The molecule has 30 heavy (non-hydrogen) atoms. The molecule has 0 aliphatic rings. The lowest BCUT2D eigenvalue weighted by Gasteiger charge is -2.09. The molecule has 0 atom stereocenters. The average Bonchev–Trinajstić information content (AvgIpc) is 2.75. The lowest BCUT2D eigenvalue weighted by molar-refractivity contribution is -0.384. The molecule has 0 fully saturated rings. The van der Waals surface area contributed by atoms with Crippen LogP contribution in [-0.4, -0.2) is 42.4 Å². The Balaban J connectivity index is 1.96. The Bertz CT molecular complexity index is 1010. The van der Waals surface area contributed by atoms with Crippen molar-refractivity contribution in [3.05, 3.63) is 75.1 Å². The SMILES string of the molecule is COC(=O)c1cc(C(=O)OCC(=O)NNC(=O)c2ccc(F)cc2)cc([N+](=O)[O-])c1. The quantitative estimate of drug-likeness (QED) is 0.401. The Morgan fingerprint density at radius 2 is 1.57 bits per heavy atom. The molecule has 0 radical (unpaired) electrons. The van der Waals surface area contributed by atoms with Crippen LogP contribution in [0.3, 0.4) is 0 Å². The van der Waals surface area contributed by atoms with Crippen molar-refractivity contribution in [3.8, 4) is 0 Å². The van der Waals surface area contributed by atoms with Gasteiger partial charge in [0, 0.05) is 17.7 Å². The Hall–Kier alpha value is -4.35. The molecule has 156 valence electrons. The molecule has 0 saturated carbocycles. The van der Waals surface area contributed by atoms with Crippen molar-refractivity contribution in [1.82, 2.24) is 10.9 Å². The molecular weight excluding hydrogens is 405 g/mol. The van der Waals surface area contributed by atoms with Crippen molar-refractivity contribution < 1.29 is 38.0 Å². The minimum Gasteiger partial charge on any atom is -0.465 e. The number of hydrogen-bond donors (Lipinski definition) is 2. The van der Waals surface area contributed by atoms with Gasteiger partial charge in [-0.1, -0.05) is 0 Å². The van der Waals surface area contributed by atoms with Gasteiger partial charge in [0.15, 0.2) is 6.61 Å². The number of halogens is 1. The number of nitrogens with zero attached hydrogens (tertiary/aromatic N) is 1. The maximum atomic E-state index is 12.8. The Morgan fingerprint density at radius 1 is 0.967 bits per heavy atom. The second-order valence-corrected chi connectivity index (χ2v) is 5.60. The minimum atomic E-state index is -1.12. The third-order valence-electron chi connectivity index (χ3n) is 3.54. The number of carbonyl (C=O) groups is 4. The van der Waals surface area contributed by atoms with E-state index in [4.69, 9.17) is 4.74 Å². The molecule has 11 nitrogen and oxygen atoms in total. The van der Waals surface area contributed by atoms with Crippen LogP contribution in [0.5, 0.6) is 0 Å². The standard InChI is InChI=1S/C18H14FN3O8/c1-29-17(25)11-6-12(8-14(7-11)22(27)28)18(26)30-9-15(23)20-21-16(24)10-2-4-13(19)5-3-10/h2-8H,9H2,1H3,(H,20,23)(H,21,24). The number of hydrazine groups is 1. The van der Waals surface area contributed by atoms with E-state index in [9.17, 15) is 33.7 Å². The molecule has 0 spiro atoms. The first-order chi connectivity index (χ1) is 14.2. The predicted molar refractivity (Wildman–Crippen MR) is 96.7 cm³/mol. The third kappa shape index (κ3) is 5.82. The molecule has 2 amide bonds. The van der Waals surface area contributed by atoms with Gasteiger partial charge >= 0.3 is 11.9 Å². The van der Waals surface area contributed by atoms with E-state index in [0.717, 1.165) is 37.4 Å². The van der Waals surface area contributed by atoms with E-state index >= 15 is 0 Å². The second-order valence-electron chi connectivity index (χ2n) is 5.60. The van der Waals surface area contributed by atoms with Gasteiger partial charge in [0.2, 0.25) is 0 Å². The number of nitro benzene ring substituents is 1. The average molecular weight is 419 g/mol. The highest BCUT2D eigenvalue weighted by Crippen LogP contribution is 2.19. The number of hydrogen-bond acceptors (Lipinski definition) is 8. The molecule has 0 aliphatic heterocycles. The van der Waals surface area contributed by atoms with Gasteiger partial charge in [0.05, 0.1) is 23.2 Å². The normalized spacial score (nSPS) is 9.93. The van der Waals surface area contributed by atoms with Crippen molar-refractivity contribution in [3.63, 3.8) is 0 Å². The zero-order valence-corrected chi connectivity index (χ0v) is 15.3. The summed E-state index contributed by atoms with van der Waals surface area (Å²) in [6.45, 7) is -0.835. The number of rotatable bonds is 6. The number of methoxy groups -OCH3 is 1. The molecular formula is C18H14FN3O8. The first-order valence-corrected chi connectivity index (χ1v) is 8.11. The fourth-order valence-corrected chi connectivity index (χ4v) is 2.12. The van der Waals surface area contributed by atoms with Crippen molar-refractivity contribution in [2.45, 2.75) is 0 Å². The fourth-order valence-electron chi connectivity index (χ4n) is 2.12. The third-order valence-corrected chi connectivity index (χ3v) is 3.54. The van der Waals surface area contributed by atoms with E-state index < -0.39 is 46.8 Å². The number of nitro groups is 1. The zero-order valence-electron chi connectivity index (χ0n) is 15.3. The fraction of sp³-hybridized carbons (Fsp3) is 0.111. The molecule has 12 heteroatoms. The van der Waals surface area contributed by atoms with E-state index in [0.29, 0.717) is 0 Å². The molecule has 2 N–H and O–H groups in total. The molecule has 0 saturated heterocycles. The number of esters is 2. The summed E-state index contributed by atoms with van der Waals surface area (Å²) in [6, 6.07) is 7.29. The summed E-state index contributed by atoms with van der Waals surface area (Å²) in [5, 5.41) is 11.0. The van der Waals surface area contributed by atoms with Crippen LogP contribution in [0.1, 0.15) is 31.1 Å². The van der Waals surface area contributed by atoms with Crippen molar-refractivity contribution in [2.24, 2.45) is 0 Å². The van der Waals surface area contributed by atoms with E-state index in [1.54, 1.807) is 0 Å². The predicted octanol–water partition coefficient (Wildman–Crippen LogP) is 1.14. The molecule has 2 rings (SSSR count). The first kappa shape index (κ1) is 21.9. The van der Waals surface area contributed by atoms with Crippen LogP contribution in [-0.2, 0) is 14.3 Å². The smallest absolute Gasteiger partial charge is 0.338 e. The number of carbonyl (C=O) groups excluding carboxylic acids is 4. The molecule has 0 unspecified atom stereocenters. The topological polar surface area (TPSA) is 154 Å². The molecule has 2 aromatic carbocycles. The number of amides is 2. The van der Waals surface area contributed by atoms with Crippen LogP contribution in [0.4, 0.5) is 10.1 Å². The molecule has 0 heterocycles. The molecule has 0 aliphatic carbocycles. The van der Waals surface area contributed by atoms with Gasteiger partial charge in [-0.2, -0.15) is 0 Å². The Morgan fingerprint density at radius 3 is 2.13 bits per heavy atom. The van der Waals surface area contributed by atoms with E-state index in [-0.39, 0.29) is 16.7 Å². The van der Waals surface area contributed by atoms with Crippen molar-refractivity contribution >= 4 is 29.4 Å². The lowest BCUT2D eigenvalue weighted by atomic mass is 10.1. The summed E-state index contributed by atoms with van der Waals surface area (Å²) in [7, 11) is 1.06. The van der Waals surface area contributed by atoms with E-state index in [1.165, 1.54) is 12.1 Å². The monoisotopic (exact) mass is 419 g/mol. The highest BCUT2D eigenvalue weighted by atomic mass is 19.1.